The lowest BCUT2D eigenvalue weighted by molar-refractivity contribution is 0.114. The van der Waals surface area contributed by atoms with Crippen LogP contribution in [0.25, 0.3) is 11.0 Å². The van der Waals surface area contributed by atoms with Crippen molar-refractivity contribution >= 4 is 21.1 Å². The molecular formula is C12H16N4O3S. The summed E-state index contributed by atoms with van der Waals surface area (Å²) in [6, 6.07) is 1.58. The Morgan fingerprint density at radius 2 is 2.35 bits per heavy atom. The van der Waals surface area contributed by atoms with Crippen LogP contribution in [0.5, 0.6) is 0 Å². The smallest absolute Gasteiger partial charge is 0.242 e. The third-order valence-electron chi connectivity index (χ3n) is 3.38. The SMILES string of the molecule is Cn1ncc2cc(S(=O)(=O)NCC3CCCO3)cnc21. The molecular weight excluding hydrogens is 280 g/mol. The Morgan fingerprint density at radius 1 is 1.50 bits per heavy atom. The summed E-state index contributed by atoms with van der Waals surface area (Å²) in [6.07, 6.45) is 4.79. The molecule has 1 aliphatic heterocycles. The summed E-state index contributed by atoms with van der Waals surface area (Å²) in [5.41, 5.74) is 0.656. The Kier molecular flexibility index (Phi) is 3.45. The standard InChI is InChI=1S/C12H16N4O3S/c1-16-12-9(6-14-16)5-11(8-13-12)20(17,18)15-7-10-3-2-4-19-10/h5-6,8,10,15H,2-4,7H2,1H3. The number of sulfonamides is 1. The molecule has 3 rings (SSSR count). The summed E-state index contributed by atoms with van der Waals surface area (Å²) in [4.78, 5) is 4.29. The monoisotopic (exact) mass is 296 g/mol. The van der Waals surface area contributed by atoms with Crippen molar-refractivity contribution in [2.24, 2.45) is 7.05 Å². The van der Waals surface area contributed by atoms with Gasteiger partial charge in [0.05, 0.1) is 12.3 Å². The number of aromatic nitrogens is 3. The number of rotatable bonds is 4. The van der Waals surface area contributed by atoms with Crippen molar-refractivity contribution in [1.29, 1.82) is 0 Å². The molecule has 7 nitrogen and oxygen atoms in total. The molecule has 0 bridgehead atoms. The van der Waals surface area contributed by atoms with Crippen LogP contribution in [-0.4, -0.2) is 42.4 Å². The molecule has 108 valence electrons. The third kappa shape index (κ3) is 2.54. The van der Waals surface area contributed by atoms with Crippen molar-refractivity contribution in [1.82, 2.24) is 19.5 Å². The molecule has 0 radical (unpaired) electrons. The minimum absolute atomic E-state index is 0.0279. The van der Waals surface area contributed by atoms with Crippen LogP contribution in [0.1, 0.15) is 12.8 Å². The summed E-state index contributed by atoms with van der Waals surface area (Å²) in [6.45, 7) is 1.00. The molecule has 20 heavy (non-hydrogen) atoms. The van der Waals surface area contributed by atoms with E-state index < -0.39 is 10.0 Å². The minimum atomic E-state index is -3.56. The number of aryl methyl sites for hydroxylation is 1. The van der Waals surface area contributed by atoms with Gasteiger partial charge in [-0.05, 0) is 18.9 Å². The Balaban J connectivity index is 1.80. The highest BCUT2D eigenvalue weighted by atomic mass is 32.2. The Labute approximate surface area is 117 Å². The van der Waals surface area contributed by atoms with E-state index in [1.807, 2.05) is 0 Å². The van der Waals surface area contributed by atoms with Crippen LogP contribution in [0.3, 0.4) is 0 Å². The van der Waals surface area contributed by atoms with Gasteiger partial charge >= 0.3 is 0 Å². The van der Waals surface area contributed by atoms with Gasteiger partial charge in [0.1, 0.15) is 4.90 Å². The molecule has 2 aromatic rings. The number of pyridine rings is 1. The van der Waals surface area contributed by atoms with E-state index in [0.29, 0.717) is 24.2 Å². The maximum Gasteiger partial charge on any atom is 0.242 e. The second-order valence-corrected chi connectivity index (χ2v) is 6.61. The zero-order valence-electron chi connectivity index (χ0n) is 11.1. The molecule has 1 saturated heterocycles. The van der Waals surface area contributed by atoms with Crippen LogP contribution in [0.15, 0.2) is 23.4 Å². The van der Waals surface area contributed by atoms with Crippen LogP contribution >= 0.6 is 0 Å². The van der Waals surface area contributed by atoms with Gasteiger partial charge in [-0.3, -0.25) is 4.68 Å². The summed E-state index contributed by atoms with van der Waals surface area (Å²) in [7, 11) is -1.80. The van der Waals surface area contributed by atoms with Crippen LogP contribution in [0, 0.1) is 0 Å². The number of nitrogens with one attached hydrogen (secondary N) is 1. The lowest BCUT2D eigenvalue weighted by Gasteiger charge is -2.11. The van der Waals surface area contributed by atoms with E-state index in [4.69, 9.17) is 4.74 Å². The molecule has 1 fully saturated rings. The number of hydrogen-bond acceptors (Lipinski definition) is 5. The van der Waals surface area contributed by atoms with Crippen LogP contribution < -0.4 is 4.72 Å². The van der Waals surface area contributed by atoms with Gasteiger partial charge in [-0.1, -0.05) is 0 Å². The molecule has 1 aliphatic rings. The second kappa shape index (κ2) is 5.12. The van der Waals surface area contributed by atoms with E-state index in [2.05, 4.69) is 14.8 Å². The van der Waals surface area contributed by atoms with Gasteiger partial charge in [-0.25, -0.2) is 18.1 Å². The van der Waals surface area contributed by atoms with Crippen molar-refractivity contribution in [2.45, 2.75) is 23.8 Å². The fourth-order valence-corrected chi connectivity index (χ4v) is 3.31. The fourth-order valence-electron chi connectivity index (χ4n) is 2.26. The van der Waals surface area contributed by atoms with E-state index in [9.17, 15) is 8.42 Å². The highest BCUT2D eigenvalue weighted by Crippen LogP contribution is 2.16. The zero-order chi connectivity index (χ0) is 14.2. The largest absolute Gasteiger partial charge is 0.377 e. The van der Waals surface area contributed by atoms with Crippen LogP contribution in [0.4, 0.5) is 0 Å². The molecule has 1 unspecified atom stereocenters. The Morgan fingerprint density at radius 3 is 3.10 bits per heavy atom. The number of fused-ring (bicyclic) bond motifs is 1. The normalized spacial score (nSPS) is 19.8. The number of nitrogens with zero attached hydrogens (tertiary/aromatic N) is 3. The first-order valence-corrected chi connectivity index (χ1v) is 7.93. The lowest BCUT2D eigenvalue weighted by Crippen LogP contribution is -2.31. The van der Waals surface area contributed by atoms with Gasteiger partial charge < -0.3 is 4.74 Å². The number of hydrogen-bond donors (Lipinski definition) is 1. The lowest BCUT2D eigenvalue weighted by atomic mass is 10.2. The van der Waals surface area contributed by atoms with E-state index in [0.717, 1.165) is 12.8 Å². The van der Waals surface area contributed by atoms with Gasteiger partial charge in [0.2, 0.25) is 10.0 Å². The highest BCUT2D eigenvalue weighted by Gasteiger charge is 2.21. The van der Waals surface area contributed by atoms with E-state index in [1.165, 1.54) is 6.20 Å². The van der Waals surface area contributed by atoms with E-state index in [-0.39, 0.29) is 11.0 Å². The zero-order valence-corrected chi connectivity index (χ0v) is 11.9. The first-order chi connectivity index (χ1) is 9.56. The Bertz CT molecular complexity index is 719. The molecule has 0 saturated carbocycles. The van der Waals surface area contributed by atoms with Crippen molar-refractivity contribution in [3.63, 3.8) is 0 Å². The number of ether oxygens (including phenoxy) is 1. The summed E-state index contributed by atoms with van der Waals surface area (Å²) < 4.78 is 34.0. The van der Waals surface area contributed by atoms with E-state index >= 15 is 0 Å². The molecule has 3 heterocycles. The van der Waals surface area contributed by atoms with Gasteiger partial charge in [0, 0.05) is 31.8 Å². The summed E-state index contributed by atoms with van der Waals surface area (Å²) in [5, 5.41) is 4.75. The second-order valence-electron chi connectivity index (χ2n) is 4.84. The van der Waals surface area contributed by atoms with Gasteiger partial charge in [-0.15, -0.1) is 0 Å². The summed E-state index contributed by atoms with van der Waals surface area (Å²) >= 11 is 0. The average molecular weight is 296 g/mol. The average Bonchev–Trinajstić information content (AvgIpc) is 3.07. The predicted octanol–water partition coefficient (Wildman–Crippen LogP) is 0.426. The summed E-state index contributed by atoms with van der Waals surface area (Å²) in [5.74, 6) is 0. The van der Waals surface area contributed by atoms with Crippen molar-refractivity contribution < 1.29 is 13.2 Å². The molecule has 0 spiro atoms. The van der Waals surface area contributed by atoms with Crippen LogP contribution in [0.2, 0.25) is 0 Å². The first-order valence-electron chi connectivity index (χ1n) is 6.45. The van der Waals surface area contributed by atoms with Crippen LogP contribution in [-0.2, 0) is 21.8 Å². The molecule has 0 amide bonds. The molecule has 0 aliphatic carbocycles. The predicted molar refractivity (Wildman–Crippen MR) is 72.7 cm³/mol. The topological polar surface area (TPSA) is 86.1 Å². The van der Waals surface area contributed by atoms with Crippen molar-refractivity contribution in [3.05, 3.63) is 18.5 Å². The molecule has 1 atom stereocenters. The van der Waals surface area contributed by atoms with Gasteiger partial charge in [0.25, 0.3) is 0 Å². The Hall–Kier alpha value is -1.51. The molecule has 8 heteroatoms. The quantitative estimate of drug-likeness (QED) is 0.884. The molecule has 0 aromatic carbocycles. The maximum absolute atomic E-state index is 12.2. The molecule has 2 aromatic heterocycles. The minimum Gasteiger partial charge on any atom is -0.377 e. The maximum atomic E-state index is 12.2. The first kappa shape index (κ1) is 13.5. The fraction of sp³-hybridized carbons (Fsp3) is 0.500. The van der Waals surface area contributed by atoms with Crippen molar-refractivity contribution in [2.75, 3.05) is 13.2 Å². The van der Waals surface area contributed by atoms with Gasteiger partial charge in [-0.2, -0.15) is 5.10 Å². The third-order valence-corrected chi connectivity index (χ3v) is 4.77. The van der Waals surface area contributed by atoms with Crippen molar-refractivity contribution in [3.8, 4) is 0 Å². The highest BCUT2D eigenvalue weighted by molar-refractivity contribution is 7.89. The van der Waals surface area contributed by atoms with E-state index in [1.54, 1.807) is 24.0 Å². The molecule has 1 N–H and O–H groups in total. The van der Waals surface area contributed by atoms with Gasteiger partial charge in [0.15, 0.2) is 5.65 Å².